The van der Waals surface area contributed by atoms with Gasteiger partial charge in [0.2, 0.25) is 0 Å². The molecule has 3 N–H and O–H groups in total. The monoisotopic (exact) mass is 198 g/mol. The molecule has 0 spiro atoms. The summed E-state index contributed by atoms with van der Waals surface area (Å²) in [5.41, 5.74) is 5.47. The maximum atomic E-state index is 11.5. The Morgan fingerprint density at radius 1 is 1.77 bits per heavy atom. The largest absolute Gasteiger partial charge is 0.347 e. The lowest BCUT2D eigenvalue weighted by atomic mass is 10.2. The fourth-order valence-corrected chi connectivity index (χ4v) is 1.62. The number of hydrogen-bond donors (Lipinski definition) is 2. The maximum absolute atomic E-state index is 11.5. The van der Waals surface area contributed by atoms with E-state index in [9.17, 15) is 4.79 Å². The zero-order valence-corrected chi connectivity index (χ0v) is 8.43. The minimum absolute atomic E-state index is 0.0210. The van der Waals surface area contributed by atoms with Crippen LogP contribution < -0.4 is 11.1 Å². The van der Waals surface area contributed by atoms with E-state index in [-0.39, 0.29) is 11.9 Å². The van der Waals surface area contributed by atoms with Gasteiger partial charge in [0.25, 0.3) is 5.91 Å². The molecule has 4 heteroatoms. The fraction of sp³-hybridized carbons (Fsp3) is 0.444. The molecule has 0 saturated carbocycles. The smallest absolute Gasteiger partial charge is 0.261 e. The average molecular weight is 198 g/mol. The van der Waals surface area contributed by atoms with Crippen LogP contribution in [0.2, 0.25) is 0 Å². The minimum atomic E-state index is -0.0210. The maximum Gasteiger partial charge on any atom is 0.261 e. The fourth-order valence-electron chi connectivity index (χ4n) is 0.992. The van der Waals surface area contributed by atoms with Crippen molar-refractivity contribution in [2.24, 2.45) is 5.73 Å². The van der Waals surface area contributed by atoms with Crippen molar-refractivity contribution >= 4 is 17.2 Å². The van der Waals surface area contributed by atoms with Crippen LogP contribution in [0.1, 0.15) is 23.0 Å². The molecule has 1 heterocycles. The Kier molecular flexibility index (Phi) is 3.92. The average Bonchev–Trinajstić information content (AvgIpc) is 2.66. The quantitative estimate of drug-likeness (QED) is 0.764. The van der Waals surface area contributed by atoms with Gasteiger partial charge in [-0.05, 0) is 17.9 Å². The van der Waals surface area contributed by atoms with Crippen LogP contribution in [0.15, 0.2) is 17.5 Å². The summed E-state index contributed by atoms with van der Waals surface area (Å²) in [6.45, 7) is 2.50. The van der Waals surface area contributed by atoms with Crippen molar-refractivity contribution in [3.05, 3.63) is 22.4 Å². The number of rotatable bonds is 4. The van der Waals surface area contributed by atoms with Crippen molar-refractivity contribution in [3.63, 3.8) is 0 Å². The van der Waals surface area contributed by atoms with Gasteiger partial charge in [-0.2, -0.15) is 0 Å². The number of hydrogen-bond acceptors (Lipinski definition) is 3. The van der Waals surface area contributed by atoms with Gasteiger partial charge in [-0.15, -0.1) is 11.3 Å². The summed E-state index contributed by atoms with van der Waals surface area (Å²) in [6, 6.07) is 3.77. The van der Waals surface area contributed by atoms with E-state index in [2.05, 4.69) is 5.32 Å². The van der Waals surface area contributed by atoms with Gasteiger partial charge in [0.15, 0.2) is 0 Å². The molecule has 1 unspecified atom stereocenters. The highest BCUT2D eigenvalue weighted by Gasteiger charge is 2.10. The SMILES string of the molecule is CCC(CN)NC(=O)c1cccs1. The summed E-state index contributed by atoms with van der Waals surface area (Å²) in [5, 5.41) is 4.75. The highest BCUT2D eigenvalue weighted by molar-refractivity contribution is 7.12. The predicted molar refractivity (Wildman–Crippen MR) is 54.9 cm³/mol. The van der Waals surface area contributed by atoms with Gasteiger partial charge in [-0.25, -0.2) is 0 Å². The first-order chi connectivity index (χ1) is 6.27. The van der Waals surface area contributed by atoms with Crippen LogP contribution in [0.25, 0.3) is 0 Å². The number of nitrogens with two attached hydrogens (primary N) is 1. The van der Waals surface area contributed by atoms with Crippen LogP contribution >= 0.6 is 11.3 Å². The van der Waals surface area contributed by atoms with Gasteiger partial charge >= 0.3 is 0 Å². The number of amides is 1. The molecule has 1 aromatic rings. The van der Waals surface area contributed by atoms with Crippen molar-refractivity contribution in [2.75, 3.05) is 6.54 Å². The molecule has 0 fully saturated rings. The second-order valence-corrected chi connectivity index (χ2v) is 3.74. The Bertz CT molecular complexity index is 255. The molecule has 0 aliphatic rings. The van der Waals surface area contributed by atoms with Gasteiger partial charge in [0, 0.05) is 12.6 Å². The molecule has 0 aliphatic heterocycles. The summed E-state index contributed by atoms with van der Waals surface area (Å²) in [5.74, 6) is -0.0210. The standard InChI is InChI=1S/C9H14N2OS/c1-2-7(6-10)11-9(12)8-4-3-5-13-8/h3-5,7H,2,6,10H2,1H3,(H,11,12). The topological polar surface area (TPSA) is 55.1 Å². The van der Waals surface area contributed by atoms with Crippen molar-refractivity contribution in [1.82, 2.24) is 5.32 Å². The molecular formula is C9H14N2OS. The molecule has 0 bridgehead atoms. The van der Waals surface area contributed by atoms with Crippen molar-refractivity contribution in [2.45, 2.75) is 19.4 Å². The first kappa shape index (κ1) is 10.2. The molecule has 0 aromatic carbocycles. The normalized spacial score (nSPS) is 12.5. The lowest BCUT2D eigenvalue weighted by Gasteiger charge is -2.13. The number of carbonyl (C=O) groups is 1. The van der Waals surface area contributed by atoms with Crippen LogP contribution in [0.5, 0.6) is 0 Å². The zero-order valence-electron chi connectivity index (χ0n) is 7.62. The molecule has 0 radical (unpaired) electrons. The van der Waals surface area contributed by atoms with Gasteiger partial charge in [-0.1, -0.05) is 13.0 Å². The van der Waals surface area contributed by atoms with Gasteiger partial charge in [0.1, 0.15) is 0 Å². The molecule has 1 amide bonds. The van der Waals surface area contributed by atoms with Crippen LogP contribution in [-0.2, 0) is 0 Å². The van der Waals surface area contributed by atoms with Gasteiger partial charge in [0.05, 0.1) is 4.88 Å². The summed E-state index contributed by atoms with van der Waals surface area (Å²) >= 11 is 1.44. The van der Waals surface area contributed by atoms with E-state index in [1.54, 1.807) is 0 Å². The highest BCUT2D eigenvalue weighted by atomic mass is 32.1. The van der Waals surface area contributed by atoms with Crippen LogP contribution in [-0.4, -0.2) is 18.5 Å². The van der Waals surface area contributed by atoms with E-state index in [4.69, 9.17) is 5.73 Å². The molecule has 1 rings (SSSR count). The van der Waals surface area contributed by atoms with Crippen LogP contribution in [0.3, 0.4) is 0 Å². The Labute approximate surface area is 81.9 Å². The molecular weight excluding hydrogens is 184 g/mol. The van der Waals surface area contributed by atoms with Crippen molar-refractivity contribution < 1.29 is 4.79 Å². The third-order valence-electron chi connectivity index (χ3n) is 1.86. The van der Waals surface area contributed by atoms with E-state index in [0.29, 0.717) is 6.54 Å². The molecule has 1 aromatic heterocycles. The Hall–Kier alpha value is -0.870. The predicted octanol–water partition coefficient (Wildman–Crippen LogP) is 1.22. The van der Waals surface area contributed by atoms with E-state index in [1.165, 1.54) is 11.3 Å². The minimum Gasteiger partial charge on any atom is -0.347 e. The third kappa shape index (κ3) is 2.82. The molecule has 13 heavy (non-hydrogen) atoms. The number of carbonyl (C=O) groups excluding carboxylic acids is 1. The Morgan fingerprint density at radius 3 is 3.00 bits per heavy atom. The summed E-state index contributed by atoms with van der Waals surface area (Å²) in [7, 11) is 0. The van der Waals surface area contributed by atoms with Gasteiger partial charge < -0.3 is 11.1 Å². The number of thiophene rings is 1. The zero-order chi connectivity index (χ0) is 9.68. The summed E-state index contributed by atoms with van der Waals surface area (Å²) in [4.78, 5) is 12.2. The molecule has 1 atom stereocenters. The van der Waals surface area contributed by atoms with Crippen LogP contribution in [0, 0.1) is 0 Å². The van der Waals surface area contributed by atoms with E-state index < -0.39 is 0 Å². The summed E-state index contributed by atoms with van der Waals surface area (Å²) < 4.78 is 0. The first-order valence-electron chi connectivity index (χ1n) is 4.32. The highest BCUT2D eigenvalue weighted by Crippen LogP contribution is 2.08. The molecule has 3 nitrogen and oxygen atoms in total. The summed E-state index contributed by atoms with van der Waals surface area (Å²) in [6.07, 6.45) is 0.869. The van der Waals surface area contributed by atoms with Crippen molar-refractivity contribution in [3.8, 4) is 0 Å². The second-order valence-electron chi connectivity index (χ2n) is 2.79. The lowest BCUT2D eigenvalue weighted by Crippen LogP contribution is -2.39. The molecule has 72 valence electrons. The molecule has 0 saturated heterocycles. The third-order valence-corrected chi connectivity index (χ3v) is 2.73. The lowest BCUT2D eigenvalue weighted by molar-refractivity contribution is 0.0941. The van der Waals surface area contributed by atoms with E-state index in [1.807, 2.05) is 24.4 Å². The second kappa shape index (κ2) is 4.99. The number of nitrogens with one attached hydrogen (secondary N) is 1. The van der Waals surface area contributed by atoms with Gasteiger partial charge in [-0.3, -0.25) is 4.79 Å². The van der Waals surface area contributed by atoms with Crippen LogP contribution in [0.4, 0.5) is 0 Å². The Morgan fingerprint density at radius 2 is 2.54 bits per heavy atom. The van der Waals surface area contributed by atoms with E-state index in [0.717, 1.165) is 11.3 Å². The first-order valence-corrected chi connectivity index (χ1v) is 5.20. The molecule has 0 aliphatic carbocycles. The van der Waals surface area contributed by atoms with Crippen molar-refractivity contribution in [1.29, 1.82) is 0 Å². The Balaban J connectivity index is 2.50. The van der Waals surface area contributed by atoms with E-state index >= 15 is 0 Å².